The molecule has 1 fully saturated rings. The first-order valence-electron chi connectivity index (χ1n) is 6.01. The Labute approximate surface area is 98.8 Å². The molecular weight excluding hydrogens is 202 g/mol. The highest BCUT2D eigenvalue weighted by atomic mass is 16.5. The third-order valence-electron chi connectivity index (χ3n) is 2.96. The smallest absolute Gasteiger partial charge is 0.0904 e. The molecule has 0 aromatic carbocycles. The number of rotatable bonds is 4. The highest BCUT2D eigenvalue weighted by Gasteiger charge is 2.27. The molecule has 1 aliphatic rings. The summed E-state index contributed by atoms with van der Waals surface area (Å²) in [6.07, 6.45) is 2.28. The molecule has 0 bridgehead atoms. The topological polar surface area (TPSA) is 50.5 Å². The molecule has 1 aliphatic heterocycles. The van der Waals surface area contributed by atoms with E-state index in [1.54, 1.807) is 0 Å². The first-order valence-corrected chi connectivity index (χ1v) is 6.01. The third kappa shape index (κ3) is 3.87. The van der Waals surface area contributed by atoms with Crippen molar-refractivity contribution < 1.29 is 4.74 Å². The maximum Gasteiger partial charge on any atom is 0.0904 e. The first kappa shape index (κ1) is 13.6. The van der Waals surface area contributed by atoms with Gasteiger partial charge in [-0.3, -0.25) is 16.2 Å². The molecule has 1 heterocycles. The number of morpholine rings is 1. The molecule has 94 valence electrons. The normalized spacial score (nSPS) is 24.5. The second-order valence-electron chi connectivity index (χ2n) is 4.93. The quantitative estimate of drug-likeness (QED) is 0.425. The van der Waals surface area contributed by atoms with E-state index in [9.17, 15) is 0 Å². The standard InChI is InChI=1S/C12H25N3O/c1-9(2)7-11(14-13)12-8-15(10(3)4)5-6-16-12/h7,10-12,14H,5-6,8,13H2,1-4H3. The number of nitrogens with one attached hydrogen (secondary N) is 1. The van der Waals surface area contributed by atoms with Crippen LogP contribution in [-0.4, -0.2) is 42.8 Å². The van der Waals surface area contributed by atoms with Crippen molar-refractivity contribution >= 4 is 0 Å². The number of hydrazine groups is 1. The van der Waals surface area contributed by atoms with Gasteiger partial charge in [-0.25, -0.2) is 0 Å². The molecule has 2 atom stereocenters. The highest BCUT2D eigenvalue weighted by Crippen LogP contribution is 2.13. The minimum Gasteiger partial charge on any atom is -0.374 e. The van der Waals surface area contributed by atoms with Crippen molar-refractivity contribution in [1.82, 2.24) is 10.3 Å². The van der Waals surface area contributed by atoms with Crippen molar-refractivity contribution in [3.63, 3.8) is 0 Å². The van der Waals surface area contributed by atoms with Crippen molar-refractivity contribution in [3.05, 3.63) is 11.6 Å². The van der Waals surface area contributed by atoms with Crippen LogP contribution >= 0.6 is 0 Å². The lowest BCUT2D eigenvalue weighted by Crippen LogP contribution is -2.54. The van der Waals surface area contributed by atoms with Crippen LogP contribution in [-0.2, 0) is 4.74 Å². The molecule has 0 aromatic heterocycles. The Kier molecular flexibility index (Phi) is 5.41. The van der Waals surface area contributed by atoms with Crippen LogP contribution in [0, 0.1) is 0 Å². The van der Waals surface area contributed by atoms with Crippen LogP contribution in [0.15, 0.2) is 11.6 Å². The van der Waals surface area contributed by atoms with Gasteiger partial charge in [0.1, 0.15) is 0 Å². The van der Waals surface area contributed by atoms with Gasteiger partial charge in [-0.15, -0.1) is 0 Å². The number of hydrogen-bond acceptors (Lipinski definition) is 4. The average molecular weight is 227 g/mol. The molecule has 16 heavy (non-hydrogen) atoms. The molecule has 0 aromatic rings. The SMILES string of the molecule is CC(C)=CC(NN)C1CN(C(C)C)CCO1. The lowest BCUT2D eigenvalue weighted by Gasteiger charge is -2.38. The van der Waals surface area contributed by atoms with Gasteiger partial charge in [0.05, 0.1) is 18.8 Å². The number of hydrogen-bond donors (Lipinski definition) is 2. The highest BCUT2D eigenvalue weighted by molar-refractivity contribution is 5.04. The summed E-state index contributed by atoms with van der Waals surface area (Å²) in [4.78, 5) is 2.43. The van der Waals surface area contributed by atoms with Crippen molar-refractivity contribution in [2.24, 2.45) is 5.84 Å². The molecular formula is C12H25N3O. The van der Waals surface area contributed by atoms with Gasteiger partial charge in [-0.1, -0.05) is 11.6 Å². The van der Waals surface area contributed by atoms with Crippen LogP contribution in [0.5, 0.6) is 0 Å². The second kappa shape index (κ2) is 6.35. The van der Waals surface area contributed by atoms with E-state index in [1.165, 1.54) is 5.57 Å². The lowest BCUT2D eigenvalue weighted by atomic mass is 10.1. The number of nitrogens with zero attached hydrogens (tertiary/aromatic N) is 1. The van der Waals surface area contributed by atoms with E-state index in [2.05, 4.69) is 44.1 Å². The van der Waals surface area contributed by atoms with E-state index in [0.29, 0.717) is 6.04 Å². The number of allylic oxidation sites excluding steroid dienone is 1. The van der Waals surface area contributed by atoms with E-state index >= 15 is 0 Å². The molecule has 0 radical (unpaired) electrons. The van der Waals surface area contributed by atoms with Gasteiger partial charge in [0, 0.05) is 19.1 Å². The molecule has 1 rings (SSSR count). The van der Waals surface area contributed by atoms with Gasteiger partial charge in [0.15, 0.2) is 0 Å². The van der Waals surface area contributed by atoms with Gasteiger partial charge < -0.3 is 4.74 Å². The van der Waals surface area contributed by atoms with Crippen molar-refractivity contribution in [2.45, 2.75) is 45.9 Å². The zero-order chi connectivity index (χ0) is 12.1. The lowest BCUT2D eigenvalue weighted by molar-refractivity contribution is -0.0482. The van der Waals surface area contributed by atoms with Crippen molar-refractivity contribution in [1.29, 1.82) is 0 Å². The summed E-state index contributed by atoms with van der Waals surface area (Å²) in [6, 6.07) is 0.670. The molecule has 4 nitrogen and oxygen atoms in total. The summed E-state index contributed by atoms with van der Waals surface area (Å²) < 4.78 is 5.78. The van der Waals surface area contributed by atoms with Gasteiger partial charge in [-0.2, -0.15) is 0 Å². The summed E-state index contributed by atoms with van der Waals surface area (Å²) in [5.74, 6) is 5.58. The second-order valence-corrected chi connectivity index (χ2v) is 4.93. The zero-order valence-corrected chi connectivity index (χ0v) is 10.9. The van der Waals surface area contributed by atoms with Crippen LogP contribution in [0.4, 0.5) is 0 Å². The maximum absolute atomic E-state index is 5.78. The fourth-order valence-corrected chi connectivity index (χ4v) is 2.00. The maximum atomic E-state index is 5.78. The molecule has 0 aliphatic carbocycles. The Morgan fingerprint density at radius 3 is 2.69 bits per heavy atom. The third-order valence-corrected chi connectivity index (χ3v) is 2.96. The Balaban J connectivity index is 2.60. The molecule has 0 spiro atoms. The van der Waals surface area contributed by atoms with Crippen molar-refractivity contribution in [3.8, 4) is 0 Å². The molecule has 2 unspecified atom stereocenters. The predicted octanol–water partition coefficient (Wildman–Crippen LogP) is 0.894. The predicted molar refractivity (Wildman–Crippen MR) is 67.0 cm³/mol. The van der Waals surface area contributed by atoms with Crippen LogP contribution in [0.1, 0.15) is 27.7 Å². The van der Waals surface area contributed by atoms with Gasteiger partial charge in [0.2, 0.25) is 0 Å². The summed E-state index contributed by atoms with van der Waals surface area (Å²) in [5.41, 5.74) is 4.09. The fraction of sp³-hybridized carbons (Fsp3) is 0.833. The fourth-order valence-electron chi connectivity index (χ4n) is 2.00. The van der Waals surface area contributed by atoms with Crippen LogP contribution in [0.2, 0.25) is 0 Å². The van der Waals surface area contributed by atoms with Gasteiger partial charge >= 0.3 is 0 Å². The van der Waals surface area contributed by atoms with E-state index in [4.69, 9.17) is 10.6 Å². The summed E-state index contributed by atoms with van der Waals surface area (Å²) in [5, 5.41) is 0. The van der Waals surface area contributed by atoms with Crippen molar-refractivity contribution in [2.75, 3.05) is 19.7 Å². The van der Waals surface area contributed by atoms with Gasteiger partial charge in [-0.05, 0) is 27.7 Å². The molecule has 4 heteroatoms. The number of ether oxygens (including phenoxy) is 1. The van der Waals surface area contributed by atoms with Crippen LogP contribution in [0.3, 0.4) is 0 Å². The summed E-state index contributed by atoms with van der Waals surface area (Å²) in [7, 11) is 0. The van der Waals surface area contributed by atoms with E-state index in [0.717, 1.165) is 19.7 Å². The zero-order valence-electron chi connectivity index (χ0n) is 10.9. The first-order chi connectivity index (χ1) is 7.54. The monoisotopic (exact) mass is 227 g/mol. The molecule has 3 N–H and O–H groups in total. The molecule has 0 saturated carbocycles. The Hall–Kier alpha value is -0.420. The Morgan fingerprint density at radius 1 is 1.50 bits per heavy atom. The summed E-state index contributed by atoms with van der Waals surface area (Å²) in [6.45, 7) is 11.3. The Morgan fingerprint density at radius 2 is 2.19 bits per heavy atom. The molecule has 0 amide bonds. The minimum atomic E-state index is 0.103. The van der Waals surface area contributed by atoms with Crippen LogP contribution < -0.4 is 11.3 Å². The van der Waals surface area contributed by atoms with E-state index in [1.807, 2.05) is 0 Å². The average Bonchev–Trinajstić information content (AvgIpc) is 2.25. The number of nitrogens with two attached hydrogens (primary N) is 1. The Bertz CT molecular complexity index is 236. The van der Waals surface area contributed by atoms with E-state index < -0.39 is 0 Å². The molecule has 1 saturated heterocycles. The van der Waals surface area contributed by atoms with Gasteiger partial charge in [0.25, 0.3) is 0 Å². The largest absolute Gasteiger partial charge is 0.374 e. The summed E-state index contributed by atoms with van der Waals surface area (Å²) >= 11 is 0. The minimum absolute atomic E-state index is 0.103. The van der Waals surface area contributed by atoms with Crippen LogP contribution in [0.25, 0.3) is 0 Å². The van der Waals surface area contributed by atoms with E-state index in [-0.39, 0.29) is 12.1 Å².